The number of aliphatic hydroxyl groups excluding tert-OH is 2. The molecular formula is C15H26O6. The van der Waals surface area contributed by atoms with Crippen molar-refractivity contribution in [2.45, 2.75) is 32.1 Å². The summed E-state index contributed by atoms with van der Waals surface area (Å²) in [5.74, 6) is -0.785. The van der Waals surface area contributed by atoms with Crippen LogP contribution in [0.4, 0.5) is 0 Å². The minimum atomic E-state index is -0.405. The molecule has 0 radical (unpaired) electrons. The standard InChI is InChI=1S/C8H14O3.C7H12O3/c1-2-8(10)11-7-5-3-4-6-9;1-2-7(9)10-6-4-3-5-8/h2,9H,1,3-7H2;2,8H,1,3-6H2. The van der Waals surface area contributed by atoms with E-state index in [2.05, 4.69) is 17.9 Å². The highest BCUT2D eigenvalue weighted by Crippen LogP contribution is 1.94. The molecule has 0 aromatic carbocycles. The van der Waals surface area contributed by atoms with Crippen LogP contribution in [0.5, 0.6) is 0 Å². The van der Waals surface area contributed by atoms with Gasteiger partial charge in [0.25, 0.3) is 0 Å². The van der Waals surface area contributed by atoms with Crippen molar-refractivity contribution < 1.29 is 29.3 Å². The molecule has 6 nitrogen and oxygen atoms in total. The van der Waals surface area contributed by atoms with Crippen molar-refractivity contribution in [3.8, 4) is 0 Å². The molecule has 0 atom stereocenters. The van der Waals surface area contributed by atoms with Gasteiger partial charge in [0.05, 0.1) is 13.2 Å². The largest absolute Gasteiger partial charge is 0.463 e. The van der Waals surface area contributed by atoms with E-state index in [1.165, 1.54) is 0 Å². The van der Waals surface area contributed by atoms with Crippen LogP contribution in [0.2, 0.25) is 0 Å². The summed E-state index contributed by atoms with van der Waals surface area (Å²) in [6.07, 6.45) is 6.11. The van der Waals surface area contributed by atoms with E-state index >= 15 is 0 Å². The lowest BCUT2D eigenvalue weighted by atomic mass is 10.2. The molecule has 0 aromatic heterocycles. The van der Waals surface area contributed by atoms with Crippen molar-refractivity contribution in [3.63, 3.8) is 0 Å². The maximum absolute atomic E-state index is 10.5. The lowest BCUT2D eigenvalue weighted by Gasteiger charge is -1.99. The molecule has 0 spiro atoms. The van der Waals surface area contributed by atoms with Gasteiger partial charge in [-0.25, -0.2) is 9.59 Å². The third-order valence-corrected chi connectivity index (χ3v) is 2.18. The van der Waals surface area contributed by atoms with Gasteiger partial charge in [-0.2, -0.15) is 0 Å². The number of carbonyl (C=O) groups excluding carboxylic acids is 2. The van der Waals surface area contributed by atoms with Crippen LogP contribution >= 0.6 is 0 Å². The molecule has 0 fully saturated rings. The van der Waals surface area contributed by atoms with E-state index in [-0.39, 0.29) is 19.2 Å². The molecule has 0 aliphatic rings. The van der Waals surface area contributed by atoms with Crippen LogP contribution in [0.3, 0.4) is 0 Å². The summed E-state index contributed by atoms with van der Waals surface area (Å²) in [6.45, 7) is 7.63. The zero-order valence-electron chi connectivity index (χ0n) is 12.5. The van der Waals surface area contributed by atoms with Crippen LogP contribution in [-0.2, 0) is 19.1 Å². The zero-order chi connectivity index (χ0) is 16.3. The van der Waals surface area contributed by atoms with Gasteiger partial charge >= 0.3 is 11.9 Å². The molecule has 0 saturated heterocycles. The fraction of sp³-hybridized carbons (Fsp3) is 0.600. The second-order valence-electron chi connectivity index (χ2n) is 3.96. The summed E-state index contributed by atoms with van der Waals surface area (Å²) in [7, 11) is 0. The Kier molecular flexibility index (Phi) is 18.9. The van der Waals surface area contributed by atoms with Crippen molar-refractivity contribution in [2.75, 3.05) is 26.4 Å². The number of hydrogen-bond donors (Lipinski definition) is 2. The molecule has 0 amide bonds. The SMILES string of the molecule is C=CC(=O)OCCCCCO.C=CC(=O)OCCCCO. The van der Waals surface area contributed by atoms with Gasteiger partial charge in [-0.1, -0.05) is 13.2 Å². The van der Waals surface area contributed by atoms with E-state index in [4.69, 9.17) is 14.9 Å². The number of rotatable bonds is 11. The fourth-order valence-electron chi connectivity index (χ4n) is 1.07. The minimum Gasteiger partial charge on any atom is -0.463 e. The maximum atomic E-state index is 10.5. The Balaban J connectivity index is 0. The Morgan fingerprint density at radius 1 is 0.762 bits per heavy atom. The number of ether oxygens (including phenoxy) is 2. The maximum Gasteiger partial charge on any atom is 0.330 e. The Hall–Kier alpha value is -1.66. The quantitative estimate of drug-likeness (QED) is 0.340. The first-order valence-electron chi connectivity index (χ1n) is 6.92. The first kappa shape index (κ1) is 21.6. The summed E-state index contributed by atoms with van der Waals surface area (Å²) in [5, 5.41) is 16.7. The summed E-state index contributed by atoms with van der Waals surface area (Å²) in [4.78, 5) is 20.8. The molecule has 2 N–H and O–H groups in total. The highest BCUT2D eigenvalue weighted by Gasteiger charge is 1.94. The van der Waals surface area contributed by atoms with Gasteiger partial charge in [-0.05, 0) is 32.1 Å². The fourth-order valence-corrected chi connectivity index (χ4v) is 1.07. The Morgan fingerprint density at radius 3 is 1.52 bits per heavy atom. The molecule has 0 saturated carbocycles. The number of hydrogen-bond acceptors (Lipinski definition) is 6. The van der Waals surface area contributed by atoms with Gasteiger partial charge < -0.3 is 19.7 Å². The molecule has 0 aliphatic heterocycles. The van der Waals surface area contributed by atoms with Crippen LogP contribution < -0.4 is 0 Å². The van der Waals surface area contributed by atoms with Gasteiger partial charge in [0.15, 0.2) is 0 Å². The molecular weight excluding hydrogens is 276 g/mol. The Labute approximate surface area is 126 Å². The Bertz CT molecular complexity index is 288. The van der Waals surface area contributed by atoms with Crippen molar-refractivity contribution >= 4 is 11.9 Å². The van der Waals surface area contributed by atoms with Gasteiger partial charge in [0, 0.05) is 25.4 Å². The van der Waals surface area contributed by atoms with Crippen LogP contribution in [-0.4, -0.2) is 48.6 Å². The molecule has 0 heterocycles. The second-order valence-corrected chi connectivity index (χ2v) is 3.96. The summed E-state index contributed by atoms with van der Waals surface area (Å²) < 4.78 is 9.32. The smallest absolute Gasteiger partial charge is 0.330 e. The summed E-state index contributed by atoms with van der Waals surface area (Å²) >= 11 is 0. The van der Waals surface area contributed by atoms with Crippen molar-refractivity contribution in [1.82, 2.24) is 0 Å². The molecule has 0 bridgehead atoms. The molecule has 122 valence electrons. The van der Waals surface area contributed by atoms with Crippen molar-refractivity contribution in [2.24, 2.45) is 0 Å². The minimum absolute atomic E-state index is 0.144. The molecule has 0 unspecified atom stereocenters. The van der Waals surface area contributed by atoms with E-state index in [1.54, 1.807) is 0 Å². The highest BCUT2D eigenvalue weighted by molar-refractivity contribution is 5.81. The van der Waals surface area contributed by atoms with Crippen LogP contribution in [0.15, 0.2) is 25.3 Å². The normalized spacial score (nSPS) is 9.05. The van der Waals surface area contributed by atoms with Gasteiger partial charge in [-0.15, -0.1) is 0 Å². The first-order chi connectivity index (χ1) is 10.1. The highest BCUT2D eigenvalue weighted by atomic mass is 16.5. The van der Waals surface area contributed by atoms with E-state index in [9.17, 15) is 9.59 Å². The van der Waals surface area contributed by atoms with E-state index in [0.717, 1.165) is 31.4 Å². The monoisotopic (exact) mass is 302 g/mol. The summed E-state index contributed by atoms with van der Waals surface area (Å²) in [6, 6.07) is 0. The van der Waals surface area contributed by atoms with E-state index in [0.29, 0.717) is 26.1 Å². The van der Waals surface area contributed by atoms with Crippen LogP contribution in [0, 0.1) is 0 Å². The molecule has 0 aliphatic carbocycles. The predicted octanol–water partition coefficient (Wildman–Crippen LogP) is 1.37. The molecule has 0 aromatic rings. The lowest BCUT2D eigenvalue weighted by molar-refractivity contribution is -0.138. The van der Waals surface area contributed by atoms with E-state index < -0.39 is 5.97 Å². The number of carbonyl (C=O) groups is 2. The molecule has 6 heteroatoms. The number of esters is 2. The van der Waals surface area contributed by atoms with Crippen LogP contribution in [0.25, 0.3) is 0 Å². The van der Waals surface area contributed by atoms with Crippen molar-refractivity contribution in [3.05, 3.63) is 25.3 Å². The van der Waals surface area contributed by atoms with E-state index in [1.807, 2.05) is 0 Å². The third-order valence-electron chi connectivity index (χ3n) is 2.18. The molecule has 0 rings (SSSR count). The lowest BCUT2D eigenvalue weighted by Crippen LogP contribution is -2.02. The van der Waals surface area contributed by atoms with Crippen LogP contribution in [0.1, 0.15) is 32.1 Å². The second kappa shape index (κ2) is 18.3. The average molecular weight is 302 g/mol. The zero-order valence-corrected chi connectivity index (χ0v) is 12.5. The average Bonchev–Trinajstić information content (AvgIpc) is 2.51. The molecule has 21 heavy (non-hydrogen) atoms. The number of unbranched alkanes of at least 4 members (excludes halogenated alkanes) is 3. The van der Waals surface area contributed by atoms with Crippen molar-refractivity contribution in [1.29, 1.82) is 0 Å². The third kappa shape index (κ3) is 20.8. The summed E-state index contributed by atoms with van der Waals surface area (Å²) in [5.41, 5.74) is 0. The first-order valence-corrected chi connectivity index (χ1v) is 6.92. The topological polar surface area (TPSA) is 93.1 Å². The number of aliphatic hydroxyl groups is 2. The predicted molar refractivity (Wildman–Crippen MR) is 79.6 cm³/mol. The van der Waals surface area contributed by atoms with Gasteiger partial charge in [-0.3, -0.25) is 0 Å². The Morgan fingerprint density at radius 2 is 1.14 bits per heavy atom. The van der Waals surface area contributed by atoms with Gasteiger partial charge in [0.1, 0.15) is 0 Å². The van der Waals surface area contributed by atoms with Gasteiger partial charge in [0.2, 0.25) is 0 Å².